The molecule has 2 nitrogen and oxygen atoms in total. The average Bonchev–Trinajstić information content (AvgIpc) is 2.16. The highest BCUT2D eigenvalue weighted by Crippen LogP contribution is 2.21. The van der Waals surface area contributed by atoms with Crippen LogP contribution in [0.15, 0.2) is 18.2 Å². The molecule has 0 aliphatic carbocycles. The van der Waals surface area contributed by atoms with Crippen molar-refractivity contribution in [2.45, 2.75) is 13.8 Å². The Balaban J connectivity index is 0.000000791. The maximum Gasteiger partial charge on any atom is 0.0604 e. The van der Waals surface area contributed by atoms with Gasteiger partial charge in [0.25, 0.3) is 0 Å². The molecule has 0 aliphatic rings. The normalized spacial score (nSPS) is 8.93. The van der Waals surface area contributed by atoms with Crippen LogP contribution in [0.4, 0.5) is 5.69 Å². The van der Waals surface area contributed by atoms with E-state index in [0.717, 1.165) is 5.69 Å². The summed E-state index contributed by atoms with van der Waals surface area (Å²) in [5.74, 6) is 0. The van der Waals surface area contributed by atoms with Crippen molar-refractivity contribution in [1.29, 1.82) is 0 Å². The first kappa shape index (κ1) is 13.6. The zero-order chi connectivity index (χ0) is 11.0. The highest BCUT2D eigenvalue weighted by molar-refractivity contribution is 6.35. The van der Waals surface area contributed by atoms with Gasteiger partial charge in [-0.05, 0) is 18.2 Å². The van der Waals surface area contributed by atoms with Crippen LogP contribution in [0.2, 0.25) is 10.0 Å². The Morgan fingerprint density at radius 2 is 1.64 bits per heavy atom. The van der Waals surface area contributed by atoms with Crippen LogP contribution in [0.25, 0.3) is 0 Å². The largest absolute Gasteiger partial charge is 0.395 e. The van der Waals surface area contributed by atoms with E-state index in [4.69, 9.17) is 28.3 Å². The van der Waals surface area contributed by atoms with Gasteiger partial charge in [-0.2, -0.15) is 0 Å². The molecule has 0 atom stereocenters. The minimum absolute atomic E-state index is 0.0874. The Labute approximate surface area is 94.8 Å². The Bertz CT molecular complexity index is 246. The number of benzene rings is 1. The smallest absolute Gasteiger partial charge is 0.0604 e. The van der Waals surface area contributed by atoms with Gasteiger partial charge in [0.05, 0.1) is 6.61 Å². The van der Waals surface area contributed by atoms with E-state index in [9.17, 15) is 0 Å². The lowest BCUT2D eigenvalue weighted by Crippen LogP contribution is -2.04. The maximum absolute atomic E-state index is 8.54. The van der Waals surface area contributed by atoms with E-state index in [0.29, 0.717) is 16.6 Å². The van der Waals surface area contributed by atoms with E-state index < -0.39 is 0 Å². The fourth-order valence-electron chi connectivity index (χ4n) is 0.856. The molecule has 1 aromatic carbocycles. The van der Waals surface area contributed by atoms with Gasteiger partial charge >= 0.3 is 0 Å². The molecule has 2 N–H and O–H groups in total. The van der Waals surface area contributed by atoms with Crippen molar-refractivity contribution in [1.82, 2.24) is 0 Å². The van der Waals surface area contributed by atoms with Crippen molar-refractivity contribution < 1.29 is 5.11 Å². The monoisotopic (exact) mass is 235 g/mol. The van der Waals surface area contributed by atoms with Crippen LogP contribution in [0.3, 0.4) is 0 Å². The van der Waals surface area contributed by atoms with Gasteiger partial charge in [0.2, 0.25) is 0 Å². The Hall–Kier alpha value is -0.440. The first-order valence-electron chi connectivity index (χ1n) is 4.53. The molecule has 0 amide bonds. The zero-order valence-corrected chi connectivity index (χ0v) is 9.86. The summed E-state index contributed by atoms with van der Waals surface area (Å²) in [4.78, 5) is 0. The fraction of sp³-hybridized carbons (Fsp3) is 0.400. The molecule has 0 fully saturated rings. The SMILES string of the molecule is CC.OCCNc1cc(Cl)cc(Cl)c1. The van der Waals surface area contributed by atoms with Crippen LogP contribution < -0.4 is 5.32 Å². The number of rotatable bonds is 3. The molecule has 4 heteroatoms. The topological polar surface area (TPSA) is 32.3 Å². The first-order chi connectivity index (χ1) is 6.72. The molecule has 1 rings (SSSR count). The van der Waals surface area contributed by atoms with E-state index in [-0.39, 0.29) is 6.61 Å². The number of aliphatic hydroxyl groups is 1. The molecule has 14 heavy (non-hydrogen) atoms. The molecule has 1 aromatic rings. The summed E-state index contributed by atoms with van der Waals surface area (Å²) in [6, 6.07) is 5.17. The summed E-state index contributed by atoms with van der Waals surface area (Å²) in [6.45, 7) is 4.58. The van der Waals surface area contributed by atoms with Gasteiger partial charge in [-0.1, -0.05) is 37.0 Å². The van der Waals surface area contributed by atoms with E-state index in [1.807, 2.05) is 13.8 Å². The van der Waals surface area contributed by atoms with Crippen molar-refractivity contribution >= 4 is 28.9 Å². The van der Waals surface area contributed by atoms with Gasteiger partial charge in [-0.25, -0.2) is 0 Å². The number of halogens is 2. The van der Waals surface area contributed by atoms with Crippen molar-refractivity contribution in [3.05, 3.63) is 28.2 Å². The minimum atomic E-state index is 0.0874. The predicted molar refractivity (Wildman–Crippen MR) is 63.4 cm³/mol. The van der Waals surface area contributed by atoms with Crippen LogP contribution >= 0.6 is 23.2 Å². The van der Waals surface area contributed by atoms with Gasteiger partial charge in [0.1, 0.15) is 0 Å². The number of aliphatic hydroxyl groups excluding tert-OH is 1. The predicted octanol–water partition coefficient (Wildman–Crippen LogP) is 3.42. The minimum Gasteiger partial charge on any atom is -0.395 e. The molecule has 0 unspecified atom stereocenters. The van der Waals surface area contributed by atoms with E-state index in [2.05, 4.69) is 5.32 Å². The molecule has 0 aliphatic heterocycles. The van der Waals surface area contributed by atoms with Crippen LogP contribution in [0.1, 0.15) is 13.8 Å². The fourth-order valence-corrected chi connectivity index (χ4v) is 1.38. The number of hydrogen-bond donors (Lipinski definition) is 2. The molecular weight excluding hydrogens is 221 g/mol. The van der Waals surface area contributed by atoms with Gasteiger partial charge in [0, 0.05) is 22.3 Å². The average molecular weight is 236 g/mol. The number of anilines is 1. The Kier molecular flexibility index (Phi) is 7.67. The summed E-state index contributed by atoms with van der Waals surface area (Å²) in [5.41, 5.74) is 0.821. The summed E-state index contributed by atoms with van der Waals surface area (Å²) in [7, 11) is 0. The highest BCUT2D eigenvalue weighted by Gasteiger charge is 1.96. The molecule has 0 saturated carbocycles. The number of hydrogen-bond acceptors (Lipinski definition) is 2. The van der Waals surface area contributed by atoms with Crippen LogP contribution in [-0.2, 0) is 0 Å². The van der Waals surface area contributed by atoms with Gasteiger partial charge in [0.15, 0.2) is 0 Å². The Morgan fingerprint density at radius 1 is 1.14 bits per heavy atom. The zero-order valence-electron chi connectivity index (χ0n) is 8.35. The molecule has 80 valence electrons. The highest BCUT2D eigenvalue weighted by atomic mass is 35.5. The summed E-state index contributed by atoms with van der Waals surface area (Å²) < 4.78 is 0. The molecule has 0 aromatic heterocycles. The van der Waals surface area contributed by atoms with Crippen LogP contribution in [-0.4, -0.2) is 18.3 Å². The third kappa shape index (κ3) is 5.32. The maximum atomic E-state index is 8.54. The molecule has 0 saturated heterocycles. The van der Waals surface area contributed by atoms with Crippen molar-refractivity contribution in [3.63, 3.8) is 0 Å². The van der Waals surface area contributed by atoms with Gasteiger partial charge in [-0.3, -0.25) is 0 Å². The second-order valence-corrected chi connectivity index (χ2v) is 3.18. The second-order valence-electron chi connectivity index (χ2n) is 2.31. The van der Waals surface area contributed by atoms with Gasteiger partial charge < -0.3 is 10.4 Å². The molecular formula is C10H15Cl2NO. The summed E-state index contributed by atoms with van der Waals surface area (Å²) in [6.07, 6.45) is 0. The molecule has 0 spiro atoms. The third-order valence-electron chi connectivity index (χ3n) is 1.30. The molecule has 0 radical (unpaired) electrons. The molecule has 0 bridgehead atoms. The van der Waals surface area contributed by atoms with E-state index in [1.54, 1.807) is 18.2 Å². The van der Waals surface area contributed by atoms with Crippen LogP contribution in [0, 0.1) is 0 Å². The summed E-state index contributed by atoms with van der Waals surface area (Å²) >= 11 is 11.5. The number of nitrogens with one attached hydrogen (secondary N) is 1. The van der Waals surface area contributed by atoms with Crippen molar-refractivity contribution in [2.75, 3.05) is 18.5 Å². The lowest BCUT2D eigenvalue weighted by Gasteiger charge is -2.04. The lowest BCUT2D eigenvalue weighted by molar-refractivity contribution is 0.311. The van der Waals surface area contributed by atoms with E-state index in [1.165, 1.54) is 0 Å². The van der Waals surface area contributed by atoms with Crippen LogP contribution in [0.5, 0.6) is 0 Å². The van der Waals surface area contributed by atoms with Crippen molar-refractivity contribution in [2.24, 2.45) is 0 Å². The van der Waals surface area contributed by atoms with Gasteiger partial charge in [-0.15, -0.1) is 0 Å². The Morgan fingerprint density at radius 3 is 2.07 bits per heavy atom. The first-order valence-corrected chi connectivity index (χ1v) is 5.29. The van der Waals surface area contributed by atoms with E-state index >= 15 is 0 Å². The quantitative estimate of drug-likeness (QED) is 0.842. The standard InChI is InChI=1S/C8H9Cl2NO.C2H6/c9-6-3-7(10)5-8(4-6)11-1-2-12;1-2/h3-5,11-12H,1-2H2;1-2H3. The van der Waals surface area contributed by atoms with Crippen molar-refractivity contribution in [3.8, 4) is 0 Å². The second kappa shape index (κ2) is 7.92. The summed E-state index contributed by atoms with van der Waals surface area (Å²) in [5, 5.41) is 12.7. The lowest BCUT2D eigenvalue weighted by atomic mass is 10.3. The third-order valence-corrected chi connectivity index (χ3v) is 1.74. The molecule has 0 heterocycles.